The highest BCUT2D eigenvalue weighted by molar-refractivity contribution is 9.10. The van der Waals surface area contributed by atoms with Crippen LogP contribution >= 0.6 is 15.9 Å². The molecule has 1 saturated heterocycles. The Morgan fingerprint density at radius 2 is 1.59 bits per heavy atom. The van der Waals surface area contributed by atoms with Gasteiger partial charge in [0.05, 0.1) is 18.1 Å². The van der Waals surface area contributed by atoms with Crippen molar-refractivity contribution < 1.29 is 14.6 Å². The summed E-state index contributed by atoms with van der Waals surface area (Å²) in [5.74, 6) is 0.575. The summed E-state index contributed by atoms with van der Waals surface area (Å²) in [7, 11) is 0. The Bertz CT molecular complexity index is 1340. The standard InChI is InChI=1S/C32H30BrNO3/c1-22-12-14-24(15-13-22)29(35)19-18-28-31(34(32(28)36)26-10-6-3-7-11-26)27-17-16-25(33)20-30(27)37-21-23-8-4-2-5-9-23/h2-17,20,28-29,31,35H,18-19,21H2,1H3/t28-,29+,31-/m1/s1. The van der Waals surface area contributed by atoms with Crippen LogP contribution in [0.15, 0.2) is 108 Å². The second-order valence-electron chi connectivity index (χ2n) is 9.56. The average molecular weight is 557 g/mol. The Hall–Kier alpha value is -3.41. The van der Waals surface area contributed by atoms with Gasteiger partial charge in [-0.05, 0) is 55.2 Å². The fourth-order valence-corrected chi connectivity index (χ4v) is 5.31. The zero-order valence-electron chi connectivity index (χ0n) is 20.8. The van der Waals surface area contributed by atoms with Crippen molar-refractivity contribution in [2.24, 2.45) is 5.92 Å². The Kier molecular flexibility index (Phi) is 7.73. The number of carbonyl (C=O) groups is 1. The van der Waals surface area contributed by atoms with Gasteiger partial charge in [-0.2, -0.15) is 0 Å². The lowest BCUT2D eigenvalue weighted by atomic mass is 9.78. The summed E-state index contributed by atoms with van der Waals surface area (Å²) in [5.41, 5.74) is 4.95. The maximum atomic E-state index is 13.5. The maximum Gasteiger partial charge on any atom is 0.233 e. The van der Waals surface area contributed by atoms with Crippen LogP contribution in [0.5, 0.6) is 5.75 Å². The molecule has 0 spiro atoms. The van der Waals surface area contributed by atoms with Crippen molar-refractivity contribution in [3.05, 3.63) is 130 Å². The number of halogens is 1. The van der Waals surface area contributed by atoms with Gasteiger partial charge in [-0.1, -0.05) is 100 Å². The molecular weight excluding hydrogens is 526 g/mol. The normalized spacial score (nSPS) is 17.8. The van der Waals surface area contributed by atoms with Gasteiger partial charge in [-0.25, -0.2) is 0 Å². The molecule has 0 radical (unpaired) electrons. The molecule has 0 unspecified atom stereocenters. The predicted octanol–water partition coefficient (Wildman–Crippen LogP) is 7.55. The van der Waals surface area contributed by atoms with E-state index in [9.17, 15) is 9.90 Å². The quantitative estimate of drug-likeness (QED) is 0.217. The van der Waals surface area contributed by atoms with Gasteiger partial charge in [0.15, 0.2) is 0 Å². The molecule has 1 N–H and O–H groups in total. The minimum absolute atomic E-state index is 0.0734. The Labute approximate surface area is 226 Å². The van der Waals surface area contributed by atoms with Crippen molar-refractivity contribution in [3.8, 4) is 5.75 Å². The third-order valence-corrected chi connectivity index (χ3v) is 7.49. The summed E-state index contributed by atoms with van der Waals surface area (Å²) in [6.45, 7) is 2.47. The lowest BCUT2D eigenvalue weighted by Crippen LogP contribution is -2.55. The Morgan fingerprint density at radius 1 is 0.919 bits per heavy atom. The number of carbonyl (C=O) groups excluding carboxylic acids is 1. The Balaban J connectivity index is 1.42. The van der Waals surface area contributed by atoms with E-state index in [1.807, 2.05) is 115 Å². The highest BCUT2D eigenvalue weighted by atomic mass is 79.9. The zero-order chi connectivity index (χ0) is 25.8. The zero-order valence-corrected chi connectivity index (χ0v) is 22.3. The summed E-state index contributed by atoms with van der Waals surface area (Å²) in [6, 6.07) is 33.6. The van der Waals surface area contributed by atoms with E-state index in [1.54, 1.807) is 0 Å². The molecule has 4 aromatic rings. The van der Waals surface area contributed by atoms with Gasteiger partial charge >= 0.3 is 0 Å². The van der Waals surface area contributed by atoms with Crippen LogP contribution < -0.4 is 9.64 Å². The molecule has 0 aromatic heterocycles. The first-order chi connectivity index (χ1) is 18.0. The van der Waals surface area contributed by atoms with E-state index in [1.165, 1.54) is 0 Å². The highest BCUT2D eigenvalue weighted by Gasteiger charge is 2.49. The lowest BCUT2D eigenvalue weighted by molar-refractivity contribution is -0.131. The molecule has 0 aliphatic carbocycles. The molecule has 1 fully saturated rings. The number of nitrogens with zero attached hydrogens (tertiary/aromatic N) is 1. The van der Waals surface area contributed by atoms with Crippen molar-refractivity contribution in [3.63, 3.8) is 0 Å². The van der Waals surface area contributed by atoms with Gasteiger partial charge in [0.2, 0.25) is 5.91 Å². The van der Waals surface area contributed by atoms with Crippen LogP contribution in [0.2, 0.25) is 0 Å². The van der Waals surface area contributed by atoms with Gasteiger partial charge in [0.25, 0.3) is 0 Å². The van der Waals surface area contributed by atoms with E-state index in [0.29, 0.717) is 19.4 Å². The summed E-state index contributed by atoms with van der Waals surface area (Å²) < 4.78 is 7.24. The number of rotatable bonds is 9. The molecule has 5 heteroatoms. The monoisotopic (exact) mass is 555 g/mol. The molecule has 0 bridgehead atoms. The molecule has 188 valence electrons. The summed E-state index contributed by atoms with van der Waals surface area (Å²) >= 11 is 3.59. The maximum absolute atomic E-state index is 13.5. The Morgan fingerprint density at radius 3 is 2.30 bits per heavy atom. The van der Waals surface area contributed by atoms with Gasteiger partial charge in [0, 0.05) is 15.7 Å². The van der Waals surface area contributed by atoms with E-state index in [0.717, 1.165) is 38.2 Å². The topological polar surface area (TPSA) is 49.8 Å². The molecule has 37 heavy (non-hydrogen) atoms. The average Bonchev–Trinajstić information content (AvgIpc) is 2.92. The molecule has 1 heterocycles. The first-order valence-electron chi connectivity index (χ1n) is 12.6. The van der Waals surface area contributed by atoms with Gasteiger partial charge in [0.1, 0.15) is 12.4 Å². The fraction of sp³-hybridized carbons (Fsp3) is 0.219. The van der Waals surface area contributed by atoms with Gasteiger partial charge in [-0.3, -0.25) is 4.79 Å². The van der Waals surface area contributed by atoms with Crippen LogP contribution in [0.4, 0.5) is 5.69 Å². The van der Waals surface area contributed by atoms with Crippen LogP contribution in [0.25, 0.3) is 0 Å². The SMILES string of the molecule is Cc1ccc([C@@H](O)CC[C@H]2C(=O)N(c3ccccc3)[C@@H]2c2ccc(Br)cc2OCc2ccccc2)cc1. The molecule has 5 rings (SSSR count). The third-order valence-electron chi connectivity index (χ3n) is 6.99. The number of aliphatic hydroxyl groups is 1. The molecule has 0 saturated carbocycles. The minimum atomic E-state index is -0.612. The number of para-hydroxylation sites is 1. The van der Waals surface area contributed by atoms with E-state index < -0.39 is 6.10 Å². The number of amides is 1. The van der Waals surface area contributed by atoms with Crippen molar-refractivity contribution in [1.29, 1.82) is 0 Å². The number of hydrogen-bond acceptors (Lipinski definition) is 3. The molecular formula is C32H30BrNO3. The van der Waals surface area contributed by atoms with Crippen molar-refractivity contribution >= 4 is 27.5 Å². The van der Waals surface area contributed by atoms with Crippen LogP contribution in [0.1, 0.15) is 47.2 Å². The first-order valence-corrected chi connectivity index (χ1v) is 13.4. The van der Waals surface area contributed by atoms with Crippen LogP contribution in [-0.4, -0.2) is 11.0 Å². The molecule has 1 amide bonds. The predicted molar refractivity (Wildman–Crippen MR) is 150 cm³/mol. The fourth-order valence-electron chi connectivity index (χ4n) is 4.97. The van der Waals surface area contributed by atoms with Crippen LogP contribution in [0, 0.1) is 12.8 Å². The smallest absolute Gasteiger partial charge is 0.233 e. The molecule has 3 atom stereocenters. The molecule has 4 nitrogen and oxygen atoms in total. The molecule has 1 aliphatic heterocycles. The molecule has 4 aromatic carbocycles. The number of β-lactam (4-membered cyclic amide) rings is 1. The van der Waals surface area contributed by atoms with E-state index in [-0.39, 0.29) is 17.9 Å². The number of aliphatic hydroxyl groups excluding tert-OH is 1. The van der Waals surface area contributed by atoms with E-state index in [2.05, 4.69) is 15.9 Å². The van der Waals surface area contributed by atoms with Crippen molar-refractivity contribution in [2.45, 2.75) is 38.5 Å². The van der Waals surface area contributed by atoms with E-state index in [4.69, 9.17) is 4.74 Å². The summed E-state index contributed by atoms with van der Waals surface area (Å²) in [6.07, 6.45) is 0.476. The van der Waals surface area contributed by atoms with Gasteiger partial charge in [-0.15, -0.1) is 0 Å². The second-order valence-corrected chi connectivity index (χ2v) is 10.5. The summed E-state index contributed by atoms with van der Waals surface area (Å²) in [5, 5.41) is 10.9. The lowest BCUT2D eigenvalue weighted by Gasteiger charge is -2.48. The number of aryl methyl sites for hydroxylation is 1. The van der Waals surface area contributed by atoms with Crippen LogP contribution in [0.3, 0.4) is 0 Å². The van der Waals surface area contributed by atoms with Crippen molar-refractivity contribution in [1.82, 2.24) is 0 Å². The first kappa shape index (κ1) is 25.2. The van der Waals surface area contributed by atoms with E-state index >= 15 is 0 Å². The largest absolute Gasteiger partial charge is 0.489 e. The van der Waals surface area contributed by atoms with Crippen LogP contribution in [-0.2, 0) is 11.4 Å². The second kappa shape index (κ2) is 11.3. The molecule has 1 aliphatic rings. The number of hydrogen-bond donors (Lipinski definition) is 1. The van der Waals surface area contributed by atoms with Gasteiger partial charge < -0.3 is 14.7 Å². The number of anilines is 1. The summed E-state index contributed by atoms with van der Waals surface area (Å²) in [4.78, 5) is 15.4. The number of ether oxygens (including phenoxy) is 1. The highest BCUT2D eigenvalue weighted by Crippen LogP contribution is 2.49. The third kappa shape index (κ3) is 5.63. The van der Waals surface area contributed by atoms with Crippen molar-refractivity contribution in [2.75, 3.05) is 4.90 Å². The minimum Gasteiger partial charge on any atom is -0.489 e. The number of benzene rings is 4.